The van der Waals surface area contributed by atoms with E-state index in [2.05, 4.69) is 21.3 Å². The second kappa shape index (κ2) is 10.9. The summed E-state index contributed by atoms with van der Waals surface area (Å²) in [5.41, 5.74) is 11.7. The monoisotopic (exact) mass is 410 g/mol. The predicted octanol–water partition coefficient (Wildman–Crippen LogP) is 1.38. The number of nitrogens with one attached hydrogen (secondary N) is 4. The lowest BCUT2D eigenvalue weighted by molar-refractivity contribution is 0.0948. The second-order valence-corrected chi connectivity index (χ2v) is 6.03. The summed E-state index contributed by atoms with van der Waals surface area (Å²) in [7, 11) is 0. The Balaban J connectivity index is 1.76. The zero-order valence-corrected chi connectivity index (χ0v) is 16.0. The van der Waals surface area contributed by atoms with Gasteiger partial charge >= 0.3 is 12.1 Å². The predicted molar refractivity (Wildman–Crippen MR) is 113 cm³/mol. The summed E-state index contributed by atoms with van der Waals surface area (Å²) in [6, 6.07) is 11.3. The molecule has 10 heteroatoms. The zero-order valence-electron chi connectivity index (χ0n) is 16.0. The molecule has 0 aliphatic carbocycles. The van der Waals surface area contributed by atoms with Gasteiger partial charge in [-0.2, -0.15) is 0 Å². The quantitative estimate of drug-likeness (QED) is 0.362. The van der Waals surface area contributed by atoms with Gasteiger partial charge in [0.15, 0.2) is 0 Å². The van der Waals surface area contributed by atoms with E-state index in [1.54, 1.807) is 48.6 Å². The van der Waals surface area contributed by atoms with E-state index in [4.69, 9.17) is 11.5 Å². The van der Waals surface area contributed by atoms with Gasteiger partial charge in [0.05, 0.1) is 0 Å². The van der Waals surface area contributed by atoms with Crippen LogP contribution in [0, 0.1) is 0 Å². The van der Waals surface area contributed by atoms with E-state index in [0.29, 0.717) is 22.5 Å². The van der Waals surface area contributed by atoms with Crippen molar-refractivity contribution in [2.45, 2.75) is 0 Å². The van der Waals surface area contributed by atoms with Crippen LogP contribution >= 0.6 is 0 Å². The summed E-state index contributed by atoms with van der Waals surface area (Å²) in [6.07, 6.45) is 3.38. The van der Waals surface area contributed by atoms with Crippen LogP contribution in [-0.4, -0.2) is 37.0 Å². The van der Waals surface area contributed by atoms with Gasteiger partial charge in [-0.25, -0.2) is 9.59 Å². The Morgan fingerprint density at radius 1 is 0.700 bits per heavy atom. The van der Waals surface area contributed by atoms with E-state index >= 15 is 0 Å². The fourth-order valence-corrected chi connectivity index (χ4v) is 2.43. The maximum atomic E-state index is 12.1. The third kappa shape index (κ3) is 7.35. The van der Waals surface area contributed by atoms with Crippen LogP contribution < -0.4 is 32.7 Å². The van der Waals surface area contributed by atoms with Crippen LogP contribution in [0.5, 0.6) is 0 Å². The van der Waals surface area contributed by atoms with Crippen LogP contribution in [0.25, 0.3) is 0 Å². The first-order chi connectivity index (χ1) is 14.3. The van der Waals surface area contributed by atoms with E-state index in [-0.39, 0.29) is 24.9 Å². The average Bonchev–Trinajstić information content (AvgIpc) is 2.69. The van der Waals surface area contributed by atoms with Crippen LogP contribution in [0.15, 0.2) is 60.7 Å². The first kappa shape index (κ1) is 22.0. The Labute approximate surface area is 172 Å². The summed E-state index contributed by atoms with van der Waals surface area (Å²) in [5.74, 6) is -0.647. The fourth-order valence-electron chi connectivity index (χ4n) is 2.43. The highest BCUT2D eigenvalue weighted by molar-refractivity contribution is 5.97. The molecule has 0 spiro atoms. The molecule has 2 aromatic carbocycles. The van der Waals surface area contributed by atoms with Crippen LogP contribution in [0.3, 0.4) is 0 Å². The van der Waals surface area contributed by atoms with Crippen molar-refractivity contribution in [1.82, 2.24) is 10.6 Å². The molecule has 30 heavy (non-hydrogen) atoms. The summed E-state index contributed by atoms with van der Waals surface area (Å²) in [4.78, 5) is 46.0. The number of urea groups is 2. The van der Waals surface area contributed by atoms with Gasteiger partial charge in [-0.1, -0.05) is 24.3 Å². The number of hydrogen-bond donors (Lipinski definition) is 6. The molecule has 0 aliphatic heterocycles. The summed E-state index contributed by atoms with van der Waals surface area (Å²) in [6.45, 7) is 0.500. The minimum atomic E-state index is -0.714. The number of amides is 6. The molecule has 156 valence electrons. The molecule has 0 saturated heterocycles. The minimum Gasteiger partial charge on any atom is -0.351 e. The van der Waals surface area contributed by atoms with E-state index in [9.17, 15) is 19.2 Å². The number of anilines is 2. The Kier molecular flexibility index (Phi) is 7.94. The number of benzene rings is 2. The standard InChI is InChI=1S/C20H22N6O4/c21-19(29)25-15-7-3-5-13(11-15)17(27)23-9-1-2-10-24-18(28)14-6-4-8-16(12-14)26-20(22)30/h1-8,11-12H,9-10H2,(H,23,27)(H,24,28)(H3,21,25,29)(H3,22,26,30)/b2-1+. The molecule has 0 fully saturated rings. The highest BCUT2D eigenvalue weighted by Gasteiger charge is 2.07. The Bertz CT molecular complexity index is 896. The third-order valence-corrected chi connectivity index (χ3v) is 3.71. The molecule has 10 nitrogen and oxygen atoms in total. The Morgan fingerprint density at radius 3 is 1.47 bits per heavy atom. The molecule has 2 aromatic rings. The van der Waals surface area contributed by atoms with Crippen molar-refractivity contribution < 1.29 is 19.2 Å². The molecule has 0 heterocycles. The van der Waals surface area contributed by atoms with Crippen molar-refractivity contribution >= 4 is 35.3 Å². The average molecular weight is 410 g/mol. The molecular formula is C20H22N6O4. The summed E-state index contributed by atoms with van der Waals surface area (Å²) in [5, 5.41) is 10.2. The van der Waals surface area contributed by atoms with Crippen molar-refractivity contribution in [2.24, 2.45) is 11.5 Å². The number of hydrogen-bond acceptors (Lipinski definition) is 4. The van der Waals surface area contributed by atoms with E-state index < -0.39 is 12.1 Å². The molecule has 0 aromatic heterocycles. The number of primary amides is 2. The van der Waals surface area contributed by atoms with Gasteiger partial charge < -0.3 is 32.7 Å². The minimum absolute atomic E-state index is 0.250. The lowest BCUT2D eigenvalue weighted by atomic mass is 10.2. The van der Waals surface area contributed by atoms with Gasteiger partial charge in [0.2, 0.25) is 0 Å². The molecule has 6 amide bonds. The zero-order chi connectivity index (χ0) is 21.9. The molecule has 8 N–H and O–H groups in total. The first-order valence-electron chi connectivity index (χ1n) is 8.89. The molecule has 0 aliphatic rings. The van der Waals surface area contributed by atoms with Gasteiger partial charge in [0.1, 0.15) is 0 Å². The van der Waals surface area contributed by atoms with Gasteiger partial charge in [-0.15, -0.1) is 0 Å². The molecule has 0 atom stereocenters. The normalized spacial score (nSPS) is 10.3. The number of carbonyl (C=O) groups excluding carboxylic acids is 4. The lowest BCUT2D eigenvalue weighted by Gasteiger charge is -2.06. The first-order valence-corrected chi connectivity index (χ1v) is 8.89. The van der Waals surface area contributed by atoms with Gasteiger partial charge in [-0.3, -0.25) is 9.59 Å². The number of rotatable bonds is 8. The number of nitrogens with two attached hydrogens (primary N) is 2. The summed E-state index contributed by atoms with van der Waals surface area (Å²) >= 11 is 0. The topological polar surface area (TPSA) is 168 Å². The van der Waals surface area contributed by atoms with E-state index in [1.165, 1.54) is 12.1 Å². The largest absolute Gasteiger partial charge is 0.351 e. The van der Waals surface area contributed by atoms with Crippen molar-refractivity contribution in [3.8, 4) is 0 Å². The molecule has 0 saturated carbocycles. The molecular weight excluding hydrogens is 388 g/mol. The molecule has 0 bridgehead atoms. The van der Waals surface area contributed by atoms with Crippen molar-refractivity contribution in [3.63, 3.8) is 0 Å². The van der Waals surface area contributed by atoms with Crippen LogP contribution in [0.4, 0.5) is 21.0 Å². The highest BCUT2D eigenvalue weighted by atomic mass is 16.2. The van der Waals surface area contributed by atoms with E-state index in [1.807, 2.05) is 0 Å². The van der Waals surface area contributed by atoms with Crippen LogP contribution in [-0.2, 0) is 0 Å². The van der Waals surface area contributed by atoms with Gasteiger partial charge in [0, 0.05) is 35.6 Å². The molecule has 0 radical (unpaired) electrons. The SMILES string of the molecule is NC(=O)Nc1cccc(C(=O)NC/C=C/CNC(=O)c2cccc(NC(N)=O)c2)c1. The lowest BCUT2D eigenvalue weighted by Crippen LogP contribution is -2.25. The second-order valence-electron chi connectivity index (χ2n) is 6.03. The highest BCUT2D eigenvalue weighted by Crippen LogP contribution is 2.11. The van der Waals surface area contributed by atoms with Crippen molar-refractivity contribution in [2.75, 3.05) is 23.7 Å². The Hall–Kier alpha value is -4.34. The fraction of sp³-hybridized carbons (Fsp3) is 0.100. The molecule has 2 rings (SSSR count). The van der Waals surface area contributed by atoms with Crippen molar-refractivity contribution in [1.29, 1.82) is 0 Å². The van der Waals surface area contributed by atoms with Crippen LogP contribution in [0.1, 0.15) is 20.7 Å². The van der Waals surface area contributed by atoms with Gasteiger partial charge in [0.25, 0.3) is 11.8 Å². The smallest absolute Gasteiger partial charge is 0.316 e. The van der Waals surface area contributed by atoms with Crippen molar-refractivity contribution in [3.05, 3.63) is 71.8 Å². The Morgan fingerprint density at radius 2 is 1.10 bits per heavy atom. The van der Waals surface area contributed by atoms with Gasteiger partial charge in [-0.05, 0) is 36.4 Å². The third-order valence-electron chi connectivity index (χ3n) is 3.71. The van der Waals surface area contributed by atoms with Crippen LogP contribution in [0.2, 0.25) is 0 Å². The number of carbonyl (C=O) groups is 4. The maximum absolute atomic E-state index is 12.1. The van der Waals surface area contributed by atoms with E-state index in [0.717, 1.165) is 0 Å². The molecule has 0 unspecified atom stereocenters. The summed E-state index contributed by atoms with van der Waals surface area (Å²) < 4.78 is 0. The maximum Gasteiger partial charge on any atom is 0.316 e.